The first-order chi connectivity index (χ1) is 9.11. The molecule has 0 saturated carbocycles. The van der Waals surface area contributed by atoms with Crippen LogP contribution in [-0.4, -0.2) is 7.05 Å². The molecule has 0 aliphatic rings. The summed E-state index contributed by atoms with van der Waals surface area (Å²) in [5, 5.41) is 9.04. The average Bonchev–Trinajstić information content (AvgIpc) is 2.41. The third-order valence-electron chi connectivity index (χ3n) is 2.95. The molecule has 4 heteroatoms. The SMILES string of the molecule is CN(Cc1ccccc1N)c1ccc(F)cc1C#N. The van der Waals surface area contributed by atoms with Crippen molar-refractivity contribution < 1.29 is 4.39 Å². The summed E-state index contributed by atoms with van der Waals surface area (Å²) in [6.45, 7) is 0.562. The van der Waals surface area contributed by atoms with Crippen LogP contribution in [0.4, 0.5) is 15.8 Å². The number of rotatable bonds is 3. The van der Waals surface area contributed by atoms with E-state index in [9.17, 15) is 4.39 Å². The van der Waals surface area contributed by atoms with Crippen molar-refractivity contribution >= 4 is 11.4 Å². The van der Waals surface area contributed by atoms with Crippen LogP contribution in [0.15, 0.2) is 42.5 Å². The third kappa shape index (κ3) is 2.83. The van der Waals surface area contributed by atoms with E-state index >= 15 is 0 Å². The topological polar surface area (TPSA) is 53.0 Å². The predicted molar refractivity (Wildman–Crippen MR) is 74.1 cm³/mol. The first kappa shape index (κ1) is 12.9. The normalized spacial score (nSPS) is 9.95. The van der Waals surface area contributed by atoms with Gasteiger partial charge in [0.2, 0.25) is 0 Å². The molecule has 0 heterocycles. The largest absolute Gasteiger partial charge is 0.398 e. The zero-order chi connectivity index (χ0) is 13.8. The summed E-state index contributed by atoms with van der Waals surface area (Å²) in [5.74, 6) is -0.409. The molecule has 0 radical (unpaired) electrons. The Morgan fingerprint density at radius 1 is 1.26 bits per heavy atom. The Morgan fingerprint density at radius 3 is 2.68 bits per heavy atom. The molecule has 2 aromatic rings. The molecule has 0 saturated heterocycles. The summed E-state index contributed by atoms with van der Waals surface area (Å²) < 4.78 is 13.1. The van der Waals surface area contributed by atoms with Crippen molar-refractivity contribution in [3.63, 3.8) is 0 Å². The van der Waals surface area contributed by atoms with Crippen LogP contribution in [0.3, 0.4) is 0 Å². The number of hydrogen-bond donors (Lipinski definition) is 1. The number of hydrogen-bond acceptors (Lipinski definition) is 3. The van der Waals surface area contributed by atoms with Crippen LogP contribution in [0, 0.1) is 17.1 Å². The summed E-state index contributed by atoms with van der Waals surface area (Å²) in [7, 11) is 1.85. The second-order valence-electron chi connectivity index (χ2n) is 4.33. The second-order valence-corrected chi connectivity index (χ2v) is 4.33. The van der Waals surface area contributed by atoms with Gasteiger partial charge < -0.3 is 10.6 Å². The van der Waals surface area contributed by atoms with Crippen molar-refractivity contribution in [2.24, 2.45) is 0 Å². The molecule has 2 aromatic carbocycles. The van der Waals surface area contributed by atoms with Crippen LogP contribution in [-0.2, 0) is 6.54 Å². The Morgan fingerprint density at radius 2 is 2.00 bits per heavy atom. The number of para-hydroxylation sites is 1. The molecule has 96 valence electrons. The second kappa shape index (κ2) is 5.40. The van der Waals surface area contributed by atoms with Crippen LogP contribution in [0.2, 0.25) is 0 Å². The summed E-state index contributed by atoms with van der Waals surface area (Å²) in [4.78, 5) is 1.88. The Bertz CT molecular complexity index is 632. The summed E-state index contributed by atoms with van der Waals surface area (Å²) in [5.41, 5.74) is 8.57. The molecule has 19 heavy (non-hydrogen) atoms. The van der Waals surface area contributed by atoms with Gasteiger partial charge in [0.25, 0.3) is 0 Å². The van der Waals surface area contributed by atoms with Crippen molar-refractivity contribution in [2.75, 3.05) is 17.7 Å². The van der Waals surface area contributed by atoms with Crippen molar-refractivity contribution in [3.8, 4) is 6.07 Å². The van der Waals surface area contributed by atoms with Crippen molar-refractivity contribution in [2.45, 2.75) is 6.54 Å². The predicted octanol–water partition coefficient (Wildman–Crippen LogP) is 2.92. The number of anilines is 2. The van der Waals surface area contributed by atoms with Gasteiger partial charge in [-0.2, -0.15) is 5.26 Å². The minimum absolute atomic E-state index is 0.317. The first-order valence-electron chi connectivity index (χ1n) is 5.86. The van der Waals surface area contributed by atoms with E-state index in [4.69, 9.17) is 11.0 Å². The number of nitriles is 1. The smallest absolute Gasteiger partial charge is 0.124 e. The lowest BCUT2D eigenvalue weighted by atomic mass is 10.1. The lowest BCUT2D eigenvalue weighted by Crippen LogP contribution is -2.18. The van der Waals surface area contributed by atoms with E-state index in [-0.39, 0.29) is 0 Å². The lowest BCUT2D eigenvalue weighted by Gasteiger charge is -2.21. The summed E-state index contributed by atoms with van der Waals surface area (Å²) in [6, 6.07) is 13.7. The van der Waals surface area contributed by atoms with Crippen molar-refractivity contribution in [1.29, 1.82) is 5.26 Å². The molecule has 0 aromatic heterocycles. The minimum atomic E-state index is -0.409. The van der Waals surface area contributed by atoms with E-state index in [1.54, 1.807) is 6.07 Å². The lowest BCUT2D eigenvalue weighted by molar-refractivity contribution is 0.627. The molecule has 2 N–H and O–H groups in total. The molecular weight excluding hydrogens is 241 g/mol. The zero-order valence-electron chi connectivity index (χ0n) is 10.6. The van der Waals surface area contributed by atoms with Gasteiger partial charge in [0.05, 0.1) is 11.3 Å². The maximum atomic E-state index is 13.1. The molecule has 0 aliphatic heterocycles. The Hall–Kier alpha value is -2.54. The quantitative estimate of drug-likeness (QED) is 0.858. The molecule has 3 nitrogen and oxygen atoms in total. The molecule has 2 rings (SSSR count). The monoisotopic (exact) mass is 255 g/mol. The van der Waals surface area contributed by atoms with E-state index in [0.717, 1.165) is 5.56 Å². The molecular formula is C15H14FN3. The first-order valence-corrected chi connectivity index (χ1v) is 5.86. The van der Waals surface area contributed by atoms with E-state index in [0.29, 0.717) is 23.5 Å². The maximum Gasteiger partial charge on any atom is 0.124 e. The molecule has 0 aliphatic carbocycles. The Kier molecular flexibility index (Phi) is 3.67. The Balaban J connectivity index is 2.28. The van der Waals surface area contributed by atoms with E-state index in [1.165, 1.54) is 12.1 Å². The summed E-state index contributed by atoms with van der Waals surface area (Å²) in [6.07, 6.45) is 0. The Labute approximate surface area is 111 Å². The molecule has 0 unspecified atom stereocenters. The van der Waals surface area contributed by atoms with Gasteiger partial charge in [0, 0.05) is 19.3 Å². The molecule has 0 fully saturated rings. The highest BCUT2D eigenvalue weighted by molar-refractivity contribution is 5.60. The van der Waals surface area contributed by atoms with Crippen LogP contribution in [0.25, 0.3) is 0 Å². The van der Waals surface area contributed by atoms with Gasteiger partial charge in [-0.05, 0) is 29.8 Å². The molecule has 0 bridgehead atoms. The zero-order valence-corrected chi connectivity index (χ0v) is 10.6. The maximum absolute atomic E-state index is 13.1. The fourth-order valence-electron chi connectivity index (χ4n) is 1.95. The van der Waals surface area contributed by atoms with Gasteiger partial charge in [-0.1, -0.05) is 18.2 Å². The number of benzene rings is 2. The average molecular weight is 255 g/mol. The van der Waals surface area contributed by atoms with E-state index in [2.05, 4.69) is 0 Å². The van der Waals surface area contributed by atoms with Crippen LogP contribution in [0.1, 0.15) is 11.1 Å². The van der Waals surface area contributed by atoms with Gasteiger partial charge in [-0.15, -0.1) is 0 Å². The summed E-state index contributed by atoms with van der Waals surface area (Å²) >= 11 is 0. The van der Waals surface area contributed by atoms with E-state index < -0.39 is 5.82 Å². The number of nitrogens with two attached hydrogens (primary N) is 1. The van der Waals surface area contributed by atoms with Gasteiger partial charge >= 0.3 is 0 Å². The van der Waals surface area contributed by atoms with Crippen LogP contribution >= 0.6 is 0 Å². The fourth-order valence-corrected chi connectivity index (χ4v) is 1.95. The number of nitrogens with zero attached hydrogens (tertiary/aromatic N) is 2. The van der Waals surface area contributed by atoms with E-state index in [1.807, 2.05) is 42.3 Å². The fraction of sp³-hybridized carbons (Fsp3) is 0.133. The van der Waals surface area contributed by atoms with Gasteiger partial charge in [-0.25, -0.2) is 4.39 Å². The van der Waals surface area contributed by atoms with Crippen molar-refractivity contribution in [1.82, 2.24) is 0 Å². The van der Waals surface area contributed by atoms with Gasteiger partial charge in [0.1, 0.15) is 11.9 Å². The highest BCUT2D eigenvalue weighted by Crippen LogP contribution is 2.23. The minimum Gasteiger partial charge on any atom is -0.398 e. The van der Waals surface area contributed by atoms with Crippen LogP contribution in [0.5, 0.6) is 0 Å². The molecule has 0 amide bonds. The highest BCUT2D eigenvalue weighted by atomic mass is 19.1. The highest BCUT2D eigenvalue weighted by Gasteiger charge is 2.10. The van der Waals surface area contributed by atoms with Crippen LogP contribution < -0.4 is 10.6 Å². The van der Waals surface area contributed by atoms with Crippen molar-refractivity contribution in [3.05, 3.63) is 59.4 Å². The molecule has 0 atom stereocenters. The van der Waals surface area contributed by atoms with Gasteiger partial charge in [-0.3, -0.25) is 0 Å². The van der Waals surface area contributed by atoms with Gasteiger partial charge in [0.15, 0.2) is 0 Å². The third-order valence-corrected chi connectivity index (χ3v) is 2.95. The standard InChI is InChI=1S/C15H14FN3/c1-19(10-11-4-2-3-5-14(11)18)15-7-6-13(16)8-12(15)9-17/h2-8H,10,18H2,1H3. The number of nitrogen functional groups attached to an aromatic ring is 1. The molecule has 0 spiro atoms. The number of halogens is 1.